The number of allylic oxidation sites excluding steroid dienone is 1. The van der Waals surface area contributed by atoms with Crippen molar-refractivity contribution in [3.8, 4) is 0 Å². The quantitative estimate of drug-likeness (QED) is 0.638. The van der Waals surface area contributed by atoms with Crippen molar-refractivity contribution < 1.29 is 9.90 Å². The third-order valence-electron chi connectivity index (χ3n) is 3.39. The van der Waals surface area contributed by atoms with Crippen LogP contribution in [0, 0.1) is 11.3 Å². The molecule has 1 N–H and O–H groups in total. The van der Waals surface area contributed by atoms with Crippen molar-refractivity contribution in [3.63, 3.8) is 0 Å². The van der Waals surface area contributed by atoms with Gasteiger partial charge in [0.05, 0.1) is 5.41 Å². The lowest BCUT2D eigenvalue weighted by atomic mass is 9.79. The van der Waals surface area contributed by atoms with Crippen LogP contribution in [0.5, 0.6) is 0 Å². The fraction of sp³-hybridized carbons (Fsp3) is 0.700. The van der Waals surface area contributed by atoms with Gasteiger partial charge in [0.15, 0.2) is 0 Å². The Hall–Kier alpha value is -0.790. The van der Waals surface area contributed by atoms with Gasteiger partial charge in [-0.1, -0.05) is 18.6 Å². The average molecular weight is 166 g/mol. The van der Waals surface area contributed by atoms with E-state index in [2.05, 4.69) is 13.0 Å². The number of carbonyl (C=O) groups is 1. The van der Waals surface area contributed by atoms with Gasteiger partial charge in [-0.15, -0.1) is 0 Å². The lowest BCUT2D eigenvalue weighted by Gasteiger charge is -2.24. The van der Waals surface area contributed by atoms with E-state index < -0.39 is 11.4 Å². The van der Waals surface area contributed by atoms with Gasteiger partial charge in [-0.2, -0.15) is 0 Å². The summed E-state index contributed by atoms with van der Waals surface area (Å²) in [7, 11) is 0. The number of aliphatic carboxylic acids is 1. The predicted octanol–water partition coefficient (Wildman–Crippen LogP) is 2.21. The van der Waals surface area contributed by atoms with Crippen LogP contribution in [-0.4, -0.2) is 11.1 Å². The molecule has 2 aliphatic carbocycles. The van der Waals surface area contributed by atoms with E-state index in [9.17, 15) is 4.79 Å². The Kier molecular flexibility index (Phi) is 1.53. The number of rotatable bonds is 2. The molecular formula is C10H14O2. The van der Waals surface area contributed by atoms with Gasteiger partial charge in [0.1, 0.15) is 0 Å². The first-order valence-electron chi connectivity index (χ1n) is 4.63. The molecule has 0 heterocycles. The van der Waals surface area contributed by atoms with Crippen LogP contribution in [-0.2, 0) is 4.79 Å². The monoisotopic (exact) mass is 166 g/mol. The van der Waals surface area contributed by atoms with Gasteiger partial charge < -0.3 is 5.11 Å². The first-order valence-corrected chi connectivity index (χ1v) is 4.63. The maximum absolute atomic E-state index is 11.1. The molecule has 0 aliphatic heterocycles. The summed E-state index contributed by atoms with van der Waals surface area (Å²) in [4.78, 5) is 11.1. The van der Waals surface area contributed by atoms with E-state index >= 15 is 0 Å². The largest absolute Gasteiger partial charge is 0.481 e. The van der Waals surface area contributed by atoms with Gasteiger partial charge >= 0.3 is 5.97 Å². The molecule has 2 unspecified atom stereocenters. The summed E-state index contributed by atoms with van der Waals surface area (Å²) in [6.07, 6.45) is 5.91. The molecule has 0 saturated heterocycles. The van der Waals surface area contributed by atoms with Crippen molar-refractivity contribution in [2.75, 3.05) is 0 Å². The minimum absolute atomic E-state index is 0.445. The first-order chi connectivity index (χ1) is 5.69. The standard InChI is InChI=1S/C10H14O2/c1-2-8-5-7-3-4-10(8,6-7)9(11)12/h5,7H,2-4,6H2,1H3,(H,11,12). The molecule has 2 nitrogen and oxygen atoms in total. The number of carboxylic acids is 1. The fourth-order valence-corrected chi connectivity index (χ4v) is 2.75. The van der Waals surface area contributed by atoms with Crippen molar-refractivity contribution in [3.05, 3.63) is 11.6 Å². The van der Waals surface area contributed by atoms with Crippen LogP contribution in [0.3, 0.4) is 0 Å². The molecule has 12 heavy (non-hydrogen) atoms. The van der Waals surface area contributed by atoms with Crippen LogP contribution in [0.2, 0.25) is 0 Å². The van der Waals surface area contributed by atoms with Crippen LogP contribution in [0.1, 0.15) is 32.6 Å². The van der Waals surface area contributed by atoms with E-state index in [-0.39, 0.29) is 0 Å². The SMILES string of the molecule is CCC1=CC2CCC1(C(=O)O)C2. The summed E-state index contributed by atoms with van der Waals surface area (Å²) in [5, 5.41) is 9.15. The Labute approximate surface area is 72.3 Å². The summed E-state index contributed by atoms with van der Waals surface area (Å²) in [6, 6.07) is 0. The second-order valence-corrected chi connectivity index (χ2v) is 3.94. The van der Waals surface area contributed by atoms with E-state index in [4.69, 9.17) is 5.11 Å². The third-order valence-corrected chi connectivity index (χ3v) is 3.39. The topological polar surface area (TPSA) is 37.3 Å². The smallest absolute Gasteiger partial charge is 0.313 e. The van der Waals surface area contributed by atoms with Gasteiger partial charge in [0, 0.05) is 0 Å². The van der Waals surface area contributed by atoms with Crippen LogP contribution in [0.15, 0.2) is 11.6 Å². The number of fused-ring (bicyclic) bond motifs is 2. The Balaban J connectivity index is 2.36. The zero-order valence-electron chi connectivity index (χ0n) is 7.34. The molecule has 0 aromatic heterocycles. The molecule has 0 radical (unpaired) electrons. The molecular weight excluding hydrogens is 152 g/mol. The summed E-state index contributed by atoms with van der Waals surface area (Å²) < 4.78 is 0. The summed E-state index contributed by atoms with van der Waals surface area (Å²) >= 11 is 0. The molecule has 1 fully saturated rings. The Morgan fingerprint density at radius 3 is 3.00 bits per heavy atom. The molecule has 2 rings (SSSR count). The van der Waals surface area contributed by atoms with E-state index in [0.29, 0.717) is 5.92 Å². The van der Waals surface area contributed by atoms with Gasteiger partial charge in [0.25, 0.3) is 0 Å². The van der Waals surface area contributed by atoms with Crippen molar-refractivity contribution in [2.45, 2.75) is 32.6 Å². The predicted molar refractivity (Wildman–Crippen MR) is 45.8 cm³/mol. The number of hydrogen-bond donors (Lipinski definition) is 1. The molecule has 2 bridgehead atoms. The third kappa shape index (κ3) is 0.780. The van der Waals surface area contributed by atoms with Crippen LogP contribution in [0.25, 0.3) is 0 Å². The molecule has 0 amide bonds. The minimum atomic E-state index is -0.601. The van der Waals surface area contributed by atoms with Crippen LogP contribution in [0.4, 0.5) is 0 Å². The molecule has 2 aliphatic rings. The number of hydrogen-bond acceptors (Lipinski definition) is 1. The first kappa shape index (κ1) is 7.84. The highest BCUT2D eigenvalue weighted by molar-refractivity contribution is 5.80. The van der Waals surface area contributed by atoms with Crippen molar-refractivity contribution in [2.24, 2.45) is 11.3 Å². The maximum atomic E-state index is 11.1. The van der Waals surface area contributed by atoms with E-state index in [1.54, 1.807) is 0 Å². The highest BCUT2D eigenvalue weighted by atomic mass is 16.4. The normalized spacial score (nSPS) is 38.4. The Bertz CT molecular complexity index is 255. The van der Waals surface area contributed by atoms with E-state index in [0.717, 1.165) is 25.7 Å². The van der Waals surface area contributed by atoms with Gasteiger partial charge in [-0.3, -0.25) is 4.79 Å². The van der Waals surface area contributed by atoms with E-state index in [1.165, 1.54) is 5.57 Å². The maximum Gasteiger partial charge on any atom is 0.313 e. The van der Waals surface area contributed by atoms with Gasteiger partial charge in [0.2, 0.25) is 0 Å². The van der Waals surface area contributed by atoms with Crippen molar-refractivity contribution in [1.82, 2.24) is 0 Å². The van der Waals surface area contributed by atoms with Gasteiger partial charge in [-0.25, -0.2) is 0 Å². The Morgan fingerprint density at radius 2 is 2.58 bits per heavy atom. The van der Waals surface area contributed by atoms with E-state index in [1.807, 2.05) is 0 Å². The molecule has 2 atom stereocenters. The second-order valence-electron chi connectivity index (χ2n) is 3.94. The molecule has 0 aromatic rings. The Morgan fingerprint density at radius 1 is 1.83 bits per heavy atom. The second kappa shape index (κ2) is 2.35. The lowest BCUT2D eigenvalue weighted by molar-refractivity contribution is -0.146. The van der Waals surface area contributed by atoms with Crippen LogP contribution < -0.4 is 0 Å². The lowest BCUT2D eigenvalue weighted by Crippen LogP contribution is -2.28. The molecule has 1 saturated carbocycles. The van der Waals surface area contributed by atoms with Crippen molar-refractivity contribution in [1.29, 1.82) is 0 Å². The molecule has 66 valence electrons. The zero-order chi connectivity index (χ0) is 8.77. The highest BCUT2D eigenvalue weighted by Gasteiger charge is 2.51. The highest BCUT2D eigenvalue weighted by Crippen LogP contribution is 2.54. The van der Waals surface area contributed by atoms with Crippen molar-refractivity contribution >= 4 is 5.97 Å². The van der Waals surface area contributed by atoms with Crippen LogP contribution >= 0.6 is 0 Å². The average Bonchev–Trinajstić information content (AvgIpc) is 2.60. The summed E-state index contributed by atoms with van der Waals surface area (Å²) in [6.45, 7) is 2.05. The molecule has 2 heteroatoms. The number of carboxylic acid groups (broad SMARTS) is 1. The summed E-state index contributed by atoms with van der Waals surface area (Å²) in [5.74, 6) is -0.0355. The van der Waals surface area contributed by atoms with Gasteiger partial charge in [-0.05, 0) is 31.6 Å². The zero-order valence-corrected chi connectivity index (χ0v) is 7.34. The molecule has 0 aromatic carbocycles. The molecule has 0 spiro atoms. The minimum Gasteiger partial charge on any atom is -0.481 e. The fourth-order valence-electron chi connectivity index (χ4n) is 2.75. The summed E-state index contributed by atoms with van der Waals surface area (Å²) in [5.41, 5.74) is 0.727.